The number of aromatic nitrogens is 8. The first-order valence-electron chi connectivity index (χ1n) is 9.87. The van der Waals surface area contributed by atoms with E-state index in [0.717, 1.165) is 9.31 Å². The van der Waals surface area contributed by atoms with Crippen LogP contribution in [0.5, 0.6) is 11.6 Å². The first-order chi connectivity index (χ1) is 16.0. The van der Waals surface area contributed by atoms with E-state index in [2.05, 4.69) is 30.6 Å². The zero-order chi connectivity index (χ0) is 24.8. The van der Waals surface area contributed by atoms with E-state index >= 15 is 0 Å². The highest BCUT2D eigenvalue weighted by atomic mass is 35.5. The fourth-order valence-electron chi connectivity index (χ4n) is 2.62. The second-order valence-electron chi connectivity index (χ2n) is 6.10. The maximum absolute atomic E-state index is 12.1. The molecule has 3 aromatic heterocycles. The smallest absolute Gasteiger partial charge is 0.365 e. The van der Waals surface area contributed by atoms with Crippen molar-refractivity contribution in [3.05, 3.63) is 66.1 Å². The van der Waals surface area contributed by atoms with Crippen LogP contribution in [0.4, 0.5) is 5.82 Å². The number of tetrazole rings is 1. The van der Waals surface area contributed by atoms with Crippen LogP contribution in [0.2, 0.25) is 10.0 Å². The molecule has 1 atom stereocenters. The molecule has 0 bridgehead atoms. The molecule has 0 aliphatic rings. The van der Waals surface area contributed by atoms with Crippen LogP contribution in [0.3, 0.4) is 0 Å². The van der Waals surface area contributed by atoms with Gasteiger partial charge in [-0.15, -0.1) is 19.5 Å². The summed E-state index contributed by atoms with van der Waals surface area (Å²) < 4.78 is 30.6. The molecule has 0 radical (unpaired) electrons. The number of ether oxygens (including phenoxy) is 1. The Bertz CT molecular complexity index is 1570. The van der Waals surface area contributed by atoms with Gasteiger partial charge >= 0.3 is 11.5 Å². The summed E-state index contributed by atoms with van der Waals surface area (Å²) in [5, 5.41) is 18.6. The number of aromatic amines is 1. The lowest BCUT2D eigenvalue weighted by molar-refractivity contribution is 0.445. The van der Waals surface area contributed by atoms with E-state index in [1.54, 1.807) is 0 Å². The summed E-state index contributed by atoms with van der Waals surface area (Å²) in [7, 11) is 0. The van der Waals surface area contributed by atoms with Crippen molar-refractivity contribution in [2.45, 2.75) is 19.7 Å². The molecule has 12 nitrogen and oxygen atoms in total. The number of hydrogen-bond donors (Lipinski definition) is 1. The molecule has 4 rings (SSSR count). The molecular weight excluding hydrogens is 449 g/mol. The molecule has 0 aliphatic carbocycles. The Morgan fingerprint density at radius 3 is 2.68 bits per heavy atom. The highest BCUT2D eigenvalue weighted by molar-refractivity contribution is 6.37. The molecule has 1 unspecified atom stereocenters. The van der Waals surface area contributed by atoms with Crippen molar-refractivity contribution in [3.63, 3.8) is 0 Å². The average molecular weight is 463 g/mol. The second-order valence-corrected chi connectivity index (χ2v) is 6.91. The Kier molecular flexibility index (Phi) is 4.25. The van der Waals surface area contributed by atoms with Gasteiger partial charge in [0.2, 0.25) is 11.5 Å². The molecule has 3 heterocycles. The van der Waals surface area contributed by atoms with Crippen LogP contribution >= 0.6 is 23.2 Å². The van der Waals surface area contributed by atoms with Gasteiger partial charge in [-0.1, -0.05) is 43.5 Å². The van der Waals surface area contributed by atoms with Crippen molar-refractivity contribution >= 4 is 34.7 Å². The molecule has 4 aromatic rings. The third-order valence-electron chi connectivity index (χ3n) is 4.00. The molecule has 0 aliphatic heterocycles. The monoisotopic (exact) mass is 462 g/mol. The number of benzene rings is 1. The van der Waals surface area contributed by atoms with Crippen molar-refractivity contribution in [1.29, 1.82) is 0 Å². The Labute approximate surface area is 187 Å². The normalized spacial score (nSPS) is 13.8. The van der Waals surface area contributed by atoms with E-state index in [9.17, 15) is 9.59 Å². The van der Waals surface area contributed by atoms with Crippen LogP contribution in [-0.2, 0) is 0 Å². The van der Waals surface area contributed by atoms with E-state index < -0.39 is 29.8 Å². The molecular formula is C17H11Cl2N9O3. The van der Waals surface area contributed by atoms with Crippen LogP contribution in [0.1, 0.15) is 29.4 Å². The molecule has 31 heavy (non-hydrogen) atoms. The van der Waals surface area contributed by atoms with Gasteiger partial charge in [0, 0.05) is 15.7 Å². The fourth-order valence-corrected chi connectivity index (χ4v) is 3.17. The first-order valence-corrected chi connectivity index (χ1v) is 9.13. The minimum Gasteiger partial charge on any atom is -0.434 e. The summed E-state index contributed by atoms with van der Waals surface area (Å²) in [6.45, 7) is 6.13. The molecule has 0 amide bonds. The summed E-state index contributed by atoms with van der Waals surface area (Å²) in [5.41, 5.74) is -1.39. The van der Waals surface area contributed by atoms with Crippen molar-refractivity contribution in [1.82, 2.24) is 40.0 Å². The third kappa shape index (κ3) is 3.72. The van der Waals surface area contributed by atoms with Gasteiger partial charge in [-0.05, 0) is 33.6 Å². The van der Waals surface area contributed by atoms with E-state index in [0.29, 0.717) is 0 Å². The lowest BCUT2D eigenvalue weighted by Crippen LogP contribution is -2.30. The minimum atomic E-state index is -2.34. The van der Waals surface area contributed by atoms with Crippen LogP contribution < -0.4 is 16.0 Å². The van der Waals surface area contributed by atoms with Crippen LogP contribution in [0, 0.1) is 6.57 Å². The number of nitrogens with zero attached hydrogens (tertiary/aromatic N) is 8. The Balaban J connectivity index is 1.78. The second kappa shape index (κ2) is 7.78. The van der Waals surface area contributed by atoms with E-state index in [4.69, 9.17) is 38.6 Å². The van der Waals surface area contributed by atoms with Gasteiger partial charge in [-0.3, -0.25) is 9.78 Å². The van der Waals surface area contributed by atoms with E-state index in [1.807, 2.05) is 4.98 Å². The van der Waals surface area contributed by atoms with Crippen molar-refractivity contribution in [3.8, 4) is 17.3 Å². The van der Waals surface area contributed by atoms with Gasteiger partial charge in [0.25, 0.3) is 5.56 Å². The summed E-state index contributed by atoms with van der Waals surface area (Å²) in [6.07, 6.45) is 0. The van der Waals surface area contributed by atoms with Gasteiger partial charge in [0.15, 0.2) is 5.75 Å². The van der Waals surface area contributed by atoms with Crippen LogP contribution in [0.15, 0.2) is 27.8 Å². The number of hydrogen-bond acceptors (Lipinski definition) is 8. The average Bonchev–Trinajstić information content (AvgIpc) is 3.23. The topological polar surface area (TPSA) is 137 Å². The molecule has 0 spiro atoms. The number of fused-ring (bicyclic) bond motifs is 1. The number of H-pyrrole nitrogens is 1. The van der Waals surface area contributed by atoms with Crippen LogP contribution in [-0.4, -0.2) is 40.0 Å². The van der Waals surface area contributed by atoms with Crippen molar-refractivity contribution in [2.75, 3.05) is 0 Å². The fraction of sp³-hybridized carbons (Fsp3) is 0.176. The van der Waals surface area contributed by atoms with E-state index in [-0.39, 0.29) is 38.6 Å². The Morgan fingerprint density at radius 1 is 1.26 bits per heavy atom. The largest absolute Gasteiger partial charge is 0.434 e. The number of halogens is 2. The lowest BCUT2D eigenvalue weighted by atomic mass is 10.1. The van der Waals surface area contributed by atoms with Gasteiger partial charge < -0.3 is 9.58 Å². The highest BCUT2D eigenvalue weighted by Gasteiger charge is 2.19. The highest BCUT2D eigenvalue weighted by Crippen LogP contribution is 2.38. The predicted octanol–water partition coefficient (Wildman–Crippen LogP) is 2.53. The van der Waals surface area contributed by atoms with Crippen molar-refractivity contribution in [2.24, 2.45) is 0 Å². The summed E-state index contributed by atoms with van der Waals surface area (Å²) in [6, 6.07) is 3.90. The Hall–Kier alpha value is -3.82. The molecule has 14 heteroatoms. The molecule has 0 saturated heterocycles. The molecule has 1 N–H and O–H groups in total. The standard InChI is InChI=1S/C17H11Cl2N9O3/c1-7(2)9-6-12(23-28-15(9)22-25-26-28)31-13-10(18)4-8(5-11(13)19)27-17(30)21-16(29)14(20-3)24-27/h4-7H,1-2H3,(H,21,29,30)/i1D3. The number of rotatable bonds is 4. The molecule has 156 valence electrons. The third-order valence-corrected chi connectivity index (χ3v) is 4.56. The predicted molar refractivity (Wildman–Crippen MR) is 109 cm³/mol. The van der Waals surface area contributed by atoms with Crippen molar-refractivity contribution < 1.29 is 8.85 Å². The zero-order valence-corrected chi connectivity index (χ0v) is 16.9. The Morgan fingerprint density at radius 2 is 2.00 bits per heavy atom. The molecule has 0 saturated carbocycles. The summed E-state index contributed by atoms with van der Waals surface area (Å²) in [4.78, 5) is 28.6. The van der Waals surface area contributed by atoms with Gasteiger partial charge in [0.05, 0.1) is 15.7 Å². The van der Waals surface area contributed by atoms with E-state index in [1.165, 1.54) is 25.1 Å². The first kappa shape index (κ1) is 16.9. The quantitative estimate of drug-likeness (QED) is 0.456. The van der Waals surface area contributed by atoms with Crippen LogP contribution in [0.25, 0.3) is 16.2 Å². The summed E-state index contributed by atoms with van der Waals surface area (Å²) in [5.74, 6) is -1.67. The number of nitrogens with one attached hydrogen (secondary N) is 1. The molecule has 1 aromatic carbocycles. The zero-order valence-electron chi connectivity index (χ0n) is 18.4. The minimum absolute atomic E-state index is 0.0501. The molecule has 0 fully saturated rings. The van der Waals surface area contributed by atoms with Gasteiger partial charge in [-0.25, -0.2) is 4.79 Å². The lowest BCUT2D eigenvalue weighted by Gasteiger charge is -2.12. The summed E-state index contributed by atoms with van der Waals surface area (Å²) >= 11 is 12.6. The maximum Gasteiger partial charge on any atom is 0.365 e. The van der Waals surface area contributed by atoms with Gasteiger partial charge in [-0.2, -0.15) is 0 Å². The maximum atomic E-state index is 12.1. The van der Waals surface area contributed by atoms with Gasteiger partial charge in [0.1, 0.15) is 0 Å². The SMILES string of the molecule is [2H]C([2H])([2H])C(C)c1cc(Oc2c(Cl)cc(-n3nc([N+]#[C-])c(=O)[nH]c3=O)cc2Cl)nn2nnnc12.